The molecule has 0 aliphatic carbocycles. The van der Waals surface area contributed by atoms with Gasteiger partial charge in [0.2, 0.25) is 10.0 Å². The van der Waals surface area contributed by atoms with Crippen molar-refractivity contribution in [1.29, 1.82) is 0 Å². The van der Waals surface area contributed by atoms with Gasteiger partial charge in [-0.25, -0.2) is 12.8 Å². The van der Waals surface area contributed by atoms with Gasteiger partial charge in [0.25, 0.3) is 11.6 Å². The third-order valence-corrected chi connectivity index (χ3v) is 5.98. The van der Waals surface area contributed by atoms with E-state index in [1.807, 2.05) is 0 Å². The van der Waals surface area contributed by atoms with Crippen molar-refractivity contribution < 1.29 is 22.5 Å². The molecule has 0 unspecified atom stereocenters. The molecule has 8 nitrogen and oxygen atoms in total. The van der Waals surface area contributed by atoms with Gasteiger partial charge in [0.05, 0.1) is 15.5 Å². The fraction of sp³-hybridized carbons (Fsp3) is 0.235. The molecule has 1 N–H and O–H groups in total. The van der Waals surface area contributed by atoms with Gasteiger partial charge < -0.3 is 5.32 Å². The van der Waals surface area contributed by atoms with Gasteiger partial charge in [-0.2, -0.15) is 4.31 Å². The molecule has 0 aliphatic rings. The van der Waals surface area contributed by atoms with Crippen LogP contribution in [0.1, 0.15) is 24.2 Å². The van der Waals surface area contributed by atoms with Crippen molar-refractivity contribution in [2.75, 3.05) is 12.4 Å². The van der Waals surface area contributed by atoms with Crippen molar-refractivity contribution >= 4 is 27.3 Å². The van der Waals surface area contributed by atoms with Crippen molar-refractivity contribution in [2.45, 2.75) is 24.8 Å². The standard InChI is InChI=1S/C17H18FN3O5S/c1-11(2)20(3)27(25,26)14-7-4-12(5-8-14)17(22)19-16-10-13(21(23)24)6-9-15(16)18/h4-11H,1-3H3,(H,19,22). The lowest BCUT2D eigenvalue weighted by molar-refractivity contribution is -0.384. The first-order valence-electron chi connectivity index (χ1n) is 7.87. The molecule has 0 saturated carbocycles. The van der Waals surface area contributed by atoms with Crippen LogP contribution in [0.15, 0.2) is 47.4 Å². The first kappa shape index (κ1) is 20.5. The molecule has 10 heteroatoms. The summed E-state index contributed by atoms with van der Waals surface area (Å²) in [5.41, 5.74) is -0.637. The van der Waals surface area contributed by atoms with Crippen LogP contribution in [0.3, 0.4) is 0 Å². The monoisotopic (exact) mass is 395 g/mol. The maximum Gasteiger partial charge on any atom is 0.271 e. The van der Waals surface area contributed by atoms with Crippen molar-refractivity contribution in [1.82, 2.24) is 4.31 Å². The quantitative estimate of drug-likeness (QED) is 0.597. The van der Waals surface area contributed by atoms with E-state index in [4.69, 9.17) is 0 Å². The summed E-state index contributed by atoms with van der Waals surface area (Å²) in [4.78, 5) is 22.3. The molecule has 144 valence electrons. The lowest BCUT2D eigenvalue weighted by Gasteiger charge is -2.21. The van der Waals surface area contributed by atoms with Gasteiger partial charge in [-0.3, -0.25) is 14.9 Å². The van der Waals surface area contributed by atoms with Crippen LogP contribution < -0.4 is 5.32 Å². The van der Waals surface area contributed by atoms with Gasteiger partial charge >= 0.3 is 0 Å². The van der Waals surface area contributed by atoms with E-state index >= 15 is 0 Å². The highest BCUT2D eigenvalue weighted by Gasteiger charge is 2.23. The minimum Gasteiger partial charge on any atom is -0.319 e. The maximum atomic E-state index is 13.8. The van der Waals surface area contributed by atoms with E-state index in [0.717, 1.165) is 18.2 Å². The number of non-ortho nitro benzene ring substituents is 1. The molecule has 2 aromatic rings. The van der Waals surface area contributed by atoms with E-state index in [-0.39, 0.29) is 27.9 Å². The summed E-state index contributed by atoms with van der Waals surface area (Å²) in [6.45, 7) is 3.46. The molecule has 0 aromatic heterocycles. The molecule has 0 saturated heterocycles. The Morgan fingerprint density at radius 1 is 1.19 bits per heavy atom. The van der Waals surface area contributed by atoms with Gasteiger partial charge in [0.15, 0.2) is 0 Å². The molecule has 2 rings (SSSR count). The fourth-order valence-corrected chi connectivity index (χ4v) is 3.51. The van der Waals surface area contributed by atoms with Crippen LogP contribution in [0.2, 0.25) is 0 Å². The Bertz CT molecular complexity index is 975. The topological polar surface area (TPSA) is 110 Å². The SMILES string of the molecule is CC(C)N(C)S(=O)(=O)c1ccc(C(=O)Nc2cc([N+](=O)[O-])ccc2F)cc1. The average molecular weight is 395 g/mol. The summed E-state index contributed by atoms with van der Waals surface area (Å²) in [6, 6.07) is 7.64. The predicted molar refractivity (Wildman–Crippen MR) is 97.5 cm³/mol. The minimum atomic E-state index is -3.69. The Balaban J connectivity index is 2.24. The van der Waals surface area contributed by atoms with Crippen molar-refractivity contribution in [3.05, 3.63) is 64.0 Å². The molecule has 0 atom stereocenters. The van der Waals surface area contributed by atoms with Crippen molar-refractivity contribution in [2.24, 2.45) is 0 Å². The number of amides is 1. The fourth-order valence-electron chi connectivity index (χ4n) is 2.14. The molecule has 0 fully saturated rings. The number of carbonyl (C=O) groups is 1. The first-order valence-corrected chi connectivity index (χ1v) is 9.31. The highest BCUT2D eigenvalue weighted by atomic mass is 32.2. The highest BCUT2D eigenvalue weighted by Crippen LogP contribution is 2.22. The van der Waals surface area contributed by atoms with E-state index in [0.29, 0.717) is 0 Å². The number of anilines is 1. The molecule has 0 heterocycles. The number of rotatable bonds is 6. The molecular weight excluding hydrogens is 377 g/mol. The predicted octanol–water partition coefficient (Wildman–Crippen LogP) is 3.02. The maximum absolute atomic E-state index is 13.8. The van der Waals surface area contributed by atoms with Gasteiger partial charge in [-0.1, -0.05) is 0 Å². The van der Waals surface area contributed by atoms with Crippen LogP contribution in [-0.4, -0.2) is 36.6 Å². The normalized spacial score (nSPS) is 11.6. The number of nitro benzene ring substituents is 1. The number of nitro groups is 1. The number of hydrogen-bond acceptors (Lipinski definition) is 5. The third-order valence-electron chi connectivity index (χ3n) is 3.93. The number of nitrogens with zero attached hydrogens (tertiary/aromatic N) is 2. The number of nitrogens with one attached hydrogen (secondary N) is 1. The summed E-state index contributed by atoms with van der Waals surface area (Å²) >= 11 is 0. The Labute approximate surface area is 155 Å². The summed E-state index contributed by atoms with van der Waals surface area (Å²) in [7, 11) is -2.24. The van der Waals surface area contributed by atoms with Crippen LogP contribution in [0.25, 0.3) is 0 Å². The summed E-state index contributed by atoms with van der Waals surface area (Å²) in [5, 5.41) is 13.0. The molecule has 0 bridgehead atoms. The van der Waals surface area contributed by atoms with Gasteiger partial charge in [-0.15, -0.1) is 0 Å². The van der Waals surface area contributed by atoms with Gasteiger partial charge in [0.1, 0.15) is 5.82 Å². The summed E-state index contributed by atoms with van der Waals surface area (Å²) in [6.07, 6.45) is 0. The van der Waals surface area contributed by atoms with Crippen molar-refractivity contribution in [3.63, 3.8) is 0 Å². The second-order valence-corrected chi connectivity index (χ2v) is 8.01. The van der Waals surface area contributed by atoms with E-state index in [1.54, 1.807) is 13.8 Å². The van der Waals surface area contributed by atoms with E-state index in [2.05, 4.69) is 5.32 Å². The molecule has 27 heavy (non-hydrogen) atoms. The zero-order valence-corrected chi connectivity index (χ0v) is 15.7. The van der Waals surface area contributed by atoms with Gasteiger partial charge in [-0.05, 0) is 44.2 Å². The Hall–Kier alpha value is -2.85. The molecule has 1 amide bonds. The summed E-state index contributed by atoms with van der Waals surface area (Å²) in [5.74, 6) is -1.55. The smallest absolute Gasteiger partial charge is 0.271 e. The van der Waals surface area contributed by atoms with E-state index in [1.165, 1.54) is 35.6 Å². The van der Waals surface area contributed by atoms with Crippen LogP contribution in [0, 0.1) is 15.9 Å². The summed E-state index contributed by atoms with van der Waals surface area (Å²) < 4.78 is 39.8. The second-order valence-electron chi connectivity index (χ2n) is 6.01. The minimum absolute atomic E-state index is 0.0109. The third kappa shape index (κ3) is 4.47. The number of carbonyl (C=O) groups excluding carboxylic acids is 1. The lowest BCUT2D eigenvalue weighted by atomic mass is 10.2. The Morgan fingerprint density at radius 3 is 2.30 bits per heavy atom. The molecule has 0 spiro atoms. The number of sulfonamides is 1. The number of benzene rings is 2. The molecule has 2 aromatic carbocycles. The van der Waals surface area contributed by atoms with E-state index < -0.39 is 26.7 Å². The first-order chi connectivity index (χ1) is 12.5. The zero-order chi connectivity index (χ0) is 20.4. The van der Waals surface area contributed by atoms with Crippen LogP contribution in [-0.2, 0) is 10.0 Å². The van der Waals surface area contributed by atoms with Crippen LogP contribution in [0.4, 0.5) is 15.8 Å². The largest absolute Gasteiger partial charge is 0.319 e. The molecule has 0 aliphatic heterocycles. The zero-order valence-electron chi connectivity index (χ0n) is 14.8. The Kier molecular flexibility index (Phi) is 5.91. The number of halogens is 1. The second kappa shape index (κ2) is 7.80. The Morgan fingerprint density at radius 2 is 1.78 bits per heavy atom. The van der Waals surface area contributed by atoms with Crippen LogP contribution in [0.5, 0.6) is 0 Å². The number of hydrogen-bond donors (Lipinski definition) is 1. The average Bonchev–Trinajstić information content (AvgIpc) is 2.62. The molecule has 0 radical (unpaired) electrons. The highest BCUT2D eigenvalue weighted by molar-refractivity contribution is 7.89. The molecular formula is C17H18FN3O5S. The van der Waals surface area contributed by atoms with E-state index in [9.17, 15) is 27.7 Å². The van der Waals surface area contributed by atoms with Gasteiger partial charge in [0, 0.05) is 30.8 Å². The lowest BCUT2D eigenvalue weighted by Crippen LogP contribution is -2.33. The van der Waals surface area contributed by atoms with Crippen LogP contribution >= 0.6 is 0 Å². The van der Waals surface area contributed by atoms with Crippen molar-refractivity contribution in [3.8, 4) is 0 Å².